The van der Waals surface area contributed by atoms with Crippen molar-refractivity contribution in [2.75, 3.05) is 59.5 Å². The Labute approximate surface area is 509 Å². The zero-order valence-electron chi connectivity index (χ0n) is 46.0. The maximum atomic E-state index is 13.7. The van der Waals surface area contributed by atoms with Gasteiger partial charge in [-0.2, -0.15) is 15.0 Å². The van der Waals surface area contributed by atoms with Crippen LogP contribution in [-0.4, -0.2) is 159 Å². The van der Waals surface area contributed by atoms with Gasteiger partial charge in [-0.1, -0.05) is 23.9 Å². The fourth-order valence-corrected chi connectivity index (χ4v) is 11.5. The van der Waals surface area contributed by atoms with Gasteiger partial charge in [0.1, 0.15) is 34.7 Å². The van der Waals surface area contributed by atoms with Gasteiger partial charge in [-0.05, 0) is 129 Å². The first kappa shape index (κ1) is 65.2. The number of phenols is 1. The molecule has 0 spiro atoms. The molecule has 429 valence electrons. The van der Waals surface area contributed by atoms with E-state index in [0.29, 0.717) is 61.4 Å². The van der Waals surface area contributed by atoms with E-state index in [9.17, 15) is 47.0 Å². The van der Waals surface area contributed by atoms with Gasteiger partial charge in [0, 0.05) is 110 Å². The number of ether oxygens (including phenoxy) is 2. The Morgan fingerprint density at radius 2 is 1.17 bits per heavy atom. The molecule has 8 aliphatic heterocycles. The van der Waals surface area contributed by atoms with E-state index in [1.165, 1.54) is 82.7 Å². The zero-order valence-corrected chi connectivity index (χ0v) is 49.4. The molecule has 11 rings (SSSR count). The Hall–Kier alpha value is -5.95. The van der Waals surface area contributed by atoms with Crippen molar-refractivity contribution in [2.45, 2.75) is 69.5 Å². The molecular formula is C53H59BF3N11NaO10S3. The van der Waals surface area contributed by atoms with E-state index in [1.54, 1.807) is 12.3 Å². The fourth-order valence-electron chi connectivity index (χ4n) is 8.61. The summed E-state index contributed by atoms with van der Waals surface area (Å²) in [6, 6.07) is 11.4. The Bertz CT molecular complexity index is 3060. The third kappa shape index (κ3) is 17.6. The van der Waals surface area contributed by atoms with E-state index < -0.39 is 35.5 Å². The van der Waals surface area contributed by atoms with Crippen molar-refractivity contribution in [1.29, 1.82) is 0 Å². The van der Waals surface area contributed by atoms with Crippen LogP contribution in [0, 0.1) is 17.5 Å². The van der Waals surface area contributed by atoms with E-state index in [0.717, 1.165) is 114 Å². The van der Waals surface area contributed by atoms with Crippen LogP contribution < -0.4 is 55.3 Å². The first-order valence-electron chi connectivity index (χ1n) is 25.8. The summed E-state index contributed by atoms with van der Waals surface area (Å²) >= 11 is 3.84. The average molecular weight is 1200 g/mol. The van der Waals surface area contributed by atoms with E-state index in [1.807, 2.05) is 21.1 Å². The number of aliphatic hydroxyl groups is 1. The third-order valence-corrected chi connectivity index (χ3v) is 15.9. The number of likely N-dealkylation sites (tertiary alicyclic amines) is 1. The number of rotatable bonds is 6. The summed E-state index contributed by atoms with van der Waals surface area (Å²) in [7, 11) is 1.00. The number of hydrazine groups is 3. The van der Waals surface area contributed by atoms with Crippen molar-refractivity contribution < 1.29 is 92.6 Å². The van der Waals surface area contributed by atoms with Crippen LogP contribution in [-0.2, 0) is 25.6 Å². The Morgan fingerprint density at radius 1 is 0.671 bits per heavy atom. The summed E-state index contributed by atoms with van der Waals surface area (Å²) in [4.78, 5) is 88.3. The maximum absolute atomic E-state index is 13.7. The van der Waals surface area contributed by atoms with Gasteiger partial charge in [-0.25, -0.2) is 43.9 Å². The molecule has 6 amide bonds. The first-order chi connectivity index (χ1) is 38.7. The Balaban J connectivity index is 0.000000223. The van der Waals surface area contributed by atoms with Crippen molar-refractivity contribution in [3.05, 3.63) is 111 Å². The summed E-state index contributed by atoms with van der Waals surface area (Å²) in [6.45, 7) is 5.74. The Morgan fingerprint density at radius 3 is 1.63 bits per heavy atom. The largest absolute Gasteiger partial charge is 1.00 e. The second kappa shape index (κ2) is 31.6. The number of aliphatic hydroxyl groups excluding tert-OH is 1. The maximum Gasteiger partial charge on any atom is 1.00 e. The van der Waals surface area contributed by atoms with Crippen LogP contribution in [0.5, 0.6) is 17.2 Å². The van der Waals surface area contributed by atoms with Crippen LogP contribution in [0.1, 0.15) is 75.9 Å². The van der Waals surface area contributed by atoms with Gasteiger partial charge in [-0.3, -0.25) is 39.1 Å². The molecule has 21 nitrogen and oxygen atoms in total. The van der Waals surface area contributed by atoms with Crippen LogP contribution in [0.3, 0.4) is 0 Å². The van der Waals surface area contributed by atoms with Crippen molar-refractivity contribution in [1.82, 2.24) is 41.1 Å². The molecule has 4 fully saturated rings. The van der Waals surface area contributed by atoms with Crippen molar-refractivity contribution in [3.63, 3.8) is 0 Å². The minimum Gasteiger partial charge on any atom is -1.00 e. The summed E-state index contributed by atoms with van der Waals surface area (Å²) < 4.78 is 51.1. The van der Waals surface area contributed by atoms with Gasteiger partial charge >= 0.3 is 41.7 Å². The Kier molecular flexibility index (Phi) is 25.2. The van der Waals surface area contributed by atoms with Gasteiger partial charge < -0.3 is 21.1 Å². The predicted molar refractivity (Wildman–Crippen MR) is 305 cm³/mol. The molecule has 3 aromatic carbocycles. The molecule has 0 saturated carbocycles. The molecule has 1 atom stereocenters. The standard InChI is InChI=1S/C19H19FN4O4S.C19H19FN4O3S.C14H16FN3O2S.CH4O.B.Na.H/c20-13-6-5-12(14(11-13)28-19(27)23-8-3-4-16(23)25)10-15-17(26)22-18(29-15)24-9-2-1-7-21-24;20-14-6-5-13(15(12-14)27-19(26)23-8-3-4-9-23)11-16-17(25)22-18(28-16)24-10-2-1-7-21-24;15-10-4-3-9(11(19)8-10)7-12-13(20)17-14(21-12)18-6-2-1-5-16-18;1-2;;;/h5-6,10-11,21H,1-4,7-9H2;3,5-6,8,11-12,21H,1-2,4,7,9-10H2;3-4,8,12,16,19H,1-2,5-7H2;2H,1H3;;;/q;;;;;+1;-1/b15-10+;16-11+;;;;;. The van der Waals surface area contributed by atoms with Gasteiger partial charge in [0.25, 0.3) is 17.7 Å². The number of amides is 6. The molecule has 4 saturated heterocycles. The summed E-state index contributed by atoms with van der Waals surface area (Å²) in [6.07, 6.45) is 13.5. The van der Waals surface area contributed by atoms with Gasteiger partial charge in [0.15, 0.2) is 15.5 Å². The molecule has 3 radical (unpaired) electrons. The topological polar surface area (TPSA) is 251 Å². The molecule has 8 aliphatic rings. The number of aromatic hydroxyl groups is 1. The molecule has 0 aromatic heterocycles. The SMILES string of the molecule is CO.O=C1N=C(N2CCCCN2)S/C1=C/c1ccc(F)cc1OC(=O)N1C=CCC1.O=C1N=C(N2CCCCN2)S/C1=C/c1ccc(F)cc1OC(=O)N1CCCC1=O.O=C1N=C(N2CCCCN2)SC1Cc1ccc(F)cc1O.[B].[H-].[Na+]. The number of hydrogen-bond donors (Lipinski definition) is 5. The number of aliphatic imine (C=N–C) groups is 3. The number of amidine groups is 3. The quantitative estimate of drug-likeness (QED) is 0.175. The third-order valence-electron chi connectivity index (χ3n) is 12.7. The number of nitrogens with one attached hydrogen (secondary N) is 3. The molecular weight excluding hydrogens is 1140 g/mol. The molecule has 29 heteroatoms. The number of nitrogens with zero attached hydrogens (tertiary/aromatic N) is 8. The zero-order chi connectivity index (χ0) is 56.7. The number of halogens is 3. The number of imide groups is 1. The number of thioether (sulfide) groups is 3. The minimum atomic E-state index is -0.849. The number of phenolic OH excluding ortho intramolecular Hbond substituents is 1. The molecule has 0 aliphatic carbocycles. The van der Waals surface area contributed by atoms with Crippen LogP contribution in [0.15, 0.2) is 91.7 Å². The molecule has 0 bridgehead atoms. The number of benzene rings is 3. The molecule has 82 heavy (non-hydrogen) atoms. The first-order valence-corrected chi connectivity index (χ1v) is 28.3. The van der Waals surface area contributed by atoms with Crippen molar-refractivity contribution in [2.24, 2.45) is 15.0 Å². The summed E-state index contributed by atoms with van der Waals surface area (Å²) in [5.74, 6) is -3.01. The average Bonchev–Trinajstić information content (AvgIpc) is 4.35. The monoisotopic (exact) mass is 1200 g/mol. The van der Waals surface area contributed by atoms with Crippen molar-refractivity contribution in [3.8, 4) is 17.2 Å². The second-order valence-corrected chi connectivity index (χ2v) is 21.5. The molecule has 1 unspecified atom stereocenters. The van der Waals surface area contributed by atoms with E-state index in [4.69, 9.17) is 14.6 Å². The predicted octanol–water partition coefficient (Wildman–Crippen LogP) is 3.65. The van der Waals surface area contributed by atoms with E-state index in [2.05, 4.69) is 31.3 Å². The van der Waals surface area contributed by atoms with E-state index >= 15 is 0 Å². The summed E-state index contributed by atoms with van der Waals surface area (Å²) in [5, 5.41) is 23.8. The van der Waals surface area contributed by atoms with Gasteiger partial charge in [0.05, 0.1) is 15.1 Å². The molecule has 3 aromatic rings. The number of carbonyl (C=O) groups is 6. The smallest absolute Gasteiger partial charge is 1.00 e. The fraction of sp³-hybridized carbons (Fsp3) is 0.377. The van der Waals surface area contributed by atoms with Gasteiger partial charge in [-0.15, -0.1) is 0 Å². The summed E-state index contributed by atoms with van der Waals surface area (Å²) in [5.41, 5.74) is 11.0. The van der Waals surface area contributed by atoms with Gasteiger partial charge in [0.2, 0.25) is 5.91 Å². The molecule has 5 N–H and O–H groups in total. The van der Waals surface area contributed by atoms with Crippen LogP contribution in [0.2, 0.25) is 0 Å². The number of carbonyl (C=O) groups excluding carboxylic acids is 6. The van der Waals surface area contributed by atoms with Crippen molar-refractivity contribution >= 4 is 107 Å². The second-order valence-electron chi connectivity index (χ2n) is 18.4. The molecule has 8 heterocycles. The minimum absolute atomic E-state index is 0. The van der Waals surface area contributed by atoms with Crippen LogP contribution in [0.25, 0.3) is 12.2 Å². The normalized spacial score (nSPS) is 20.4. The van der Waals surface area contributed by atoms with E-state index in [-0.39, 0.29) is 92.6 Å². The number of hydrogen-bond acceptors (Lipinski definition) is 19. The van der Waals surface area contributed by atoms with Crippen LogP contribution >= 0.6 is 35.3 Å². The van der Waals surface area contributed by atoms with Crippen LogP contribution in [0.4, 0.5) is 22.8 Å².